The molecule has 1 aromatic carbocycles. The smallest absolute Gasteiger partial charge is 0.161 e. The Bertz CT molecular complexity index is 427. The van der Waals surface area contributed by atoms with Gasteiger partial charge in [-0.1, -0.05) is 33.8 Å². The van der Waals surface area contributed by atoms with Crippen LogP contribution < -0.4 is 14.8 Å². The number of hydrogen-bond donors (Lipinski definition) is 1. The van der Waals surface area contributed by atoms with Crippen LogP contribution in [0, 0.1) is 11.3 Å². The van der Waals surface area contributed by atoms with E-state index in [1.165, 1.54) is 5.56 Å². The van der Waals surface area contributed by atoms with E-state index in [1.807, 2.05) is 12.1 Å². The Morgan fingerprint density at radius 1 is 1.05 bits per heavy atom. The van der Waals surface area contributed by atoms with Crippen molar-refractivity contribution in [1.29, 1.82) is 0 Å². The van der Waals surface area contributed by atoms with E-state index >= 15 is 0 Å². The number of methoxy groups -OCH3 is 2. The van der Waals surface area contributed by atoms with Crippen LogP contribution in [0.25, 0.3) is 0 Å². The minimum Gasteiger partial charge on any atom is -0.493 e. The highest BCUT2D eigenvalue weighted by atomic mass is 16.5. The normalized spacial score (nSPS) is 13.4. The van der Waals surface area contributed by atoms with Crippen LogP contribution in [-0.4, -0.2) is 20.8 Å². The van der Waals surface area contributed by atoms with Crippen molar-refractivity contribution >= 4 is 0 Å². The van der Waals surface area contributed by atoms with E-state index in [0.717, 1.165) is 18.0 Å². The van der Waals surface area contributed by atoms with E-state index in [1.54, 1.807) is 14.2 Å². The van der Waals surface area contributed by atoms with Crippen molar-refractivity contribution in [1.82, 2.24) is 5.32 Å². The summed E-state index contributed by atoms with van der Waals surface area (Å²) in [6, 6.07) is 6.37. The fourth-order valence-electron chi connectivity index (χ4n) is 1.86. The van der Waals surface area contributed by atoms with Gasteiger partial charge >= 0.3 is 0 Å². The number of nitrogens with one attached hydrogen (secondary N) is 1. The largest absolute Gasteiger partial charge is 0.493 e. The maximum Gasteiger partial charge on any atom is 0.161 e. The molecule has 1 atom stereocenters. The number of hydrogen-bond acceptors (Lipinski definition) is 3. The van der Waals surface area contributed by atoms with Gasteiger partial charge in [0.25, 0.3) is 0 Å². The first-order valence-electron chi connectivity index (χ1n) is 7.27. The molecular formula is C17H29NO2. The summed E-state index contributed by atoms with van der Waals surface area (Å²) in [5, 5.41) is 3.61. The van der Waals surface area contributed by atoms with Gasteiger partial charge in [-0.15, -0.1) is 0 Å². The average molecular weight is 279 g/mol. The summed E-state index contributed by atoms with van der Waals surface area (Å²) in [7, 11) is 3.33. The molecule has 0 aliphatic rings. The Hall–Kier alpha value is -1.22. The molecule has 0 amide bonds. The summed E-state index contributed by atoms with van der Waals surface area (Å²) in [6.45, 7) is 12.3. The maximum absolute atomic E-state index is 5.36. The van der Waals surface area contributed by atoms with Gasteiger partial charge in [-0.2, -0.15) is 0 Å². The van der Waals surface area contributed by atoms with Crippen molar-refractivity contribution in [3.63, 3.8) is 0 Å². The second-order valence-corrected chi connectivity index (χ2v) is 6.36. The zero-order chi connectivity index (χ0) is 15.3. The second-order valence-electron chi connectivity index (χ2n) is 6.36. The Balaban J connectivity index is 2.75. The van der Waals surface area contributed by atoms with Crippen LogP contribution in [0.3, 0.4) is 0 Å². The fraction of sp³-hybridized carbons (Fsp3) is 0.647. The molecule has 0 aliphatic carbocycles. The van der Waals surface area contributed by atoms with Crippen LogP contribution in [0.5, 0.6) is 11.5 Å². The Morgan fingerprint density at radius 3 is 2.15 bits per heavy atom. The van der Waals surface area contributed by atoms with Crippen molar-refractivity contribution < 1.29 is 9.47 Å². The molecule has 3 nitrogen and oxygen atoms in total. The van der Waals surface area contributed by atoms with E-state index in [0.29, 0.717) is 5.92 Å². The van der Waals surface area contributed by atoms with Gasteiger partial charge in [0.1, 0.15) is 0 Å². The fourth-order valence-corrected chi connectivity index (χ4v) is 1.86. The van der Waals surface area contributed by atoms with Crippen molar-refractivity contribution in [3.05, 3.63) is 23.8 Å². The first-order valence-corrected chi connectivity index (χ1v) is 7.27. The molecule has 0 fully saturated rings. The summed E-state index contributed by atoms with van der Waals surface area (Å²) >= 11 is 0. The molecule has 1 unspecified atom stereocenters. The SMILES string of the molecule is COc1ccc(C(C)NCC(C)(C)C(C)C)cc1OC. The molecule has 0 heterocycles. The van der Waals surface area contributed by atoms with E-state index in [-0.39, 0.29) is 11.5 Å². The number of rotatable bonds is 7. The topological polar surface area (TPSA) is 30.5 Å². The molecule has 1 rings (SSSR count). The van der Waals surface area contributed by atoms with Crippen LogP contribution in [-0.2, 0) is 0 Å². The highest BCUT2D eigenvalue weighted by Crippen LogP contribution is 2.31. The Labute approximate surface area is 123 Å². The highest BCUT2D eigenvalue weighted by molar-refractivity contribution is 5.43. The lowest BCUT2D eigenvalue weighted by atomic mass is 9.81. The molecule has 0 radical (unpaired) electrons. The molecule has 0 aromatic heterocycles. The van der Waals surface area contributed by atoms with E-state index in [9.17, 15) is 0 Å². The molecule has 114 valence electrons. The van der Waals surface area contributed by atoms with Crippen molar-refractivity contribution in [3.8, 4) is 11.5 Å². The summed E-state index contributed by atoms with van der Waals surface area (Å²) in [4.78, 5) is 0. The molecule has 3 heteroatoms. The lowest BCUT2D eigenvalue weighted by Gasteiger charge is -2.31. The zero-order valence-corrected chi connectivity index (χ0v) is 13.9. The van der Waals surface area contributed by atoms with Crippen LogP contribution in [0.15, 0.2) is 18.2 Å². The first-order chi connectivity index (χ1) is 9.31. The third-order valence-corrected chi connectivity index (χ3v) is 4.33. The third-order valence-electron chi connectivity index (χ3n) is 4.33. The minimum absolute atomic E-state index is 0.283. The maximum atomic E-state index is 5.36. The lowest BCUT2D eigenvalue weighted by Crippen LogP contribution is -2.34. The summed E-state index contributed by atoms with van der Waals surface area (Å²) in [6.07, 6.45) is 0. The van der Waals surface area contributed by atoms with Crippen LogP contribution in [0.4, 0.5) is 0 Å². The molecule has 20 heavy (non-hydrogen) atoms. The predicted molar refractivity (Wildman–Crippen MR) is 84.6 cm³/mol. The lowest BCUT2D eigenvalue weighted by molar-refractivity contribution is 0.230. The van der Waals surface area contributed by atoms with Gasteiger partial charge in [0.2, 0.25) is 0 Å². The number of ether oxygens (including phenoxy) is 2. The van der Waals surface area contributed by atoms with Gasteiger partial charge in [-0.05, 0) is 36.0 Å². The monoisotopic (exact) mass is 279 g/mol. The molecular weight excluding hydrogens is 250 g/mol. The molecule has 0 spiro atoms. The first kappa shape index (κ1) is 16.8. The van der Waals surface area contributed by atoms with Crippen molar-refractivity contribution in [2.75, 3.05) is 20.8 Å². The summed E-state index contributed by atoms with van der Waals surface area (Å²) in [5.41, 5.74) is 1.49. The van der Waals surface area contributed by atoms with Crippen LogP contribution in [0.1, 0.15) is 46.2 Å². The van der Waals surface area contributed by atoms with Crippen LogP contribution in [0.2, 0.25) is 0 Å². The molecule has 1 aromatic rings. The molecule has 0 bridgehead atoms. The van der Waals surface area contributed by atoms with Gasteiger partial charge in [0.05, 0.1) is 14.2 Å². The molecule has 1 N–H and O–H groups in total. The Kier molecular flexibility index (Phi) is 5.88. The molecule has 0 saturated heterocycles. The van der Waals surface area contributed by atoms with Gasteiger partial charge in [-0.25, -0.2) is 0 Å². The van der Waals surface area contributed by atoms with Crippen molar-refractivity contribution in [2.45, 2.75) is 40.7 Å². The summed E-state index contributed by atoms with van der Waals surface area (Å²) in [5.74, 6) is 2.19. The standard InChI is InChI=1S/C17H29NO2/c1-12(2)17(4,5)11-18-13(3)14-8-9-15(19-6)16(10-14)20-7/h8-10,12-13,18H,11H2,1-7H3. The second kappa shape index (κ2) is 6.98. The summed E-state index contributed by atoms with van der Waals surface area (Å²) < 4.78 is 10.6. The quantitative estimate of drug-likeness (QED) is 0.817. The highest BCUT2D eigenvalue weighted by Gasteiger charge is 2.23. The zero-order valence-electron chi connectivity index (χ0n) is 13.9. The molecule has 0 aliphatic heterocycles. The van der Waals surface area contributed by atoms with E-state index < -0.39 is 0 Å². The van der Waals surface area contributed by atoms with E-state index in [4.69, 9.17) is 9.47 Å². The van der Waals surface area contributed by atoms with Gasteiger partial charge < -0.3 is 14.8 Å². The van der Waals surface area contributed by atoms with Gasteiger partial charge in [0, 0.05) is 12.6 Å². The van der Waals surface area contributed by atoms with Crippen molar-refractivity contribution in [2.24, 2.45) is 11.3 Å². The Morgan fingerprint density at radius 2 is 1.65 bits per heavy atom. The van der Waals surface area contributed by atoms with Gasteiger partial charge in [-0.3, -0.25) is 0 Å². The minimum atomic E-state index is 0.283. The van der Waals surface area contributed by atoms with E-state index in [2.05, 4.69) is 46.0 Å². The van der Waals surface area contributed by atoms with Crippen LogP contribution >= 0.6 is 0 Å². The predicted octanol–water partition coefficient (Wildman–Crippen LogP) is 4.04. The number of benzene rings is 1. The average Bonchev–Trinajstić information content (AvgIpc) is 2.43. The van der Waals surface area contributed by atoms with Gasteiger partial charge in [0.15, 0.2) is 11.5 Å². The molecule has 0 saturated carbocycles. The third kappa shape index (κ3) is 4.14.